The summed E-state index contributed by atoms with van der Waals surface area (Å²) < 4.78 is 29.9. The lowest BCUT2D eigenvalue weighted by atomic mass is 9.28. The van der Waals surface area contributed by atoms with Crippen molar-refractivity contribution in [1.82, 2.24) is 4.58 Å². The topological polar surface area (TPSA) is 40.2 Å². The Bertz CT molecular complexity index is 272. The molecule has 1 heterocycles. The van der Waals surface area contributed by atoms with Gasteiger partial charge >= 0.3 is 0 Å². The SMILES string of the molecule is [2H][B]C1CC(OP(O[B])N(C)B([B])[B])C(COC)O1. The highest BCUT2D eigenvalue weighted by Crippen LogP contribution is 2.44. The number of hydrogen-bond acceptors (Lipinski definition) is 5. The van der Waals surface area contributed by atoms with Crippen LogP contribution < -0.4 is 0 Å². The van der Waals surface area contributed by atoms with Crippen molar-refractivity contribution < 1.29 is 18.4 Å². The zero-order chi connectivity index (χ0) is 14.4. The fourth-order valence-electron chi connectivity index (χ4n) is 1.57. The fourth-order valence-corrected chi connectivity index (χ4v) is 2.59. The van der Waals surface area contributed by atoms with Crippen molar-refractivity contribution in [2.24, 2.45) is 0 Å². The molecule has 0 aromatic carbocycles. The van der Waals surface area contributed by atoms with Crippen molar-refractivity contribution in [3.05, 3.63) is 0 Å². The van der Waals surface area contributed by atoms with Crippen LogP contribution in [0, 0.1) is 0 Å². The summed E-state index contributed by atoms with van der Waals surface area (Å²) in [7, 11) is 19.2. The Hall–Kier alpha value is 0.555. The first-order valence-electron chi connectivity index (χ1n) is 6.05. The maximum atomic E-state index is 7.24. The summed E-state index contributed by atoms with van der Waals surface area (Å²) in [5.74, 6) is 0. The van der Waals surface area contributed by atoms with E-state index in [-0.39, 0.29) is 18.2 Å². The van der Waals surface area contributed by atoms with Crippen LogP contribution in [-0.4, -0.2) is 82.9 Å². The van der Waals surface area contributed by atoms with Gasteiger partial charge in [0.05, 0.1) is 12.7 Å². The zero-order valence-corrected chi connectivity index (χ0v) is 11.5. The maximum absolute atomic E-state index is 7.24. The fraction of sp³-hybridized carbons (Fsp3) is 1.00. The highest BCUT2D eigenvalue weighted by molar-refractivity contribution is 7.51. The monoisotopic (exact) mass is 263 g/mol. The van der Waals surface area contributed by atoms with E-state index in [1.165, 1.54) is 12.4 Å². The molecule has 1 saturated heterocycles. The molecule has 0 saturated carbocycles. The van der Waals surface area contributed by atoms with Gasteiger partial charge in [0.1, 0.15) is 20.5 Å². The van der Waals surface area contributed by atoms with Gasteiger partial charge in [0.2, 0.25) is 8.53 Å². The minimum atomic E-state index is -1.58. The number of ether oxygens (including phenoxy) is 2. The van der Waals surface area contributed by atoms with E-state index in [1.807, 2.05) is 0 Å². The van der Waals surface area contributed by atoms with E-state index in [9.17, 15) is 0 Å². The largest absolute Gasteiger partial charge is 0.397 e. The van der Waals surface area contributed by atoms with Crippen LogP contribution in [0.25, 0.3) is 0 Å². The first-order valence-corrected chi connectivity index (χ1v) is 6.60. The third-order valence-corrected chi connectivity index (χ3v) is 3.98. The number of hydrogen-bond donors (Lipinski definition) is 0. The minimum absolute atomic E-state index is 0.279. The molecule has 1 rings (SSSR count). The first kappa shape index (κ1) is 15.0. The summed E-state index contributed by atoms with van der Waals surface area (Å²) >= 11 is 0. The molecule has 18 heavy (non-hydrogen) atoms. The molecule has 0 N–H and O–H groups in total. The van der Waals surface area contributed by atoms with Gasteiger partial charge in [-0.05, 0) is 14.8 Å². The first-order chi connectivity index (χ1) is 9.03. The Kier molecular flexibility index (Phi) is 6.63. The molecule has 4 atom stereocenters. The maximum Gasteiger partial charge on any atom is 0.293 e. The van der Waals surface area contributed by atoms with Crippen LogP contribution >= 0.6 is 8.53 Å². The molecule has 1 aliphatic rings. The van der Waals surface area contributed by atoms with Gasteiger partial charge in [-0.25, -0.2) is 0 Å². The second-order valence-electron chi connectivity index (χ2n) is 3.96. The molecule has 4 unspecified atom stereocenters. The van der Waals surface area contributed by atoms with Crippen molar-refractivity contribution in [2.45, 2.75) is 24.6 Å². The van der Waals surface area contributed by atoms with E-state index in [0.717, 1.165) is 0 Å². The zero-order valence-electron chi connectivity index (χ0n) is 11.6. The number of methoxy groups -OCH3 is 1. The Morgan fingerprint density at radius 3 is 2.89 bits per heavy atom. The van der Waals surface area contributed by atoms with Gasteiger partial charge in [-0.1, -0.05) is 0 Å². The van der Waals surface area contributed by atoms with Crippen molar-refractivity contribution in [2.75, 3.05) is 20.8 Å². The summed E-state index contributed by atoms with van der Waals surface area (Å²) in [6.45, 7) is -0.377. The van der Waals surface area contributed by atoms with Crippen LogP contribution in [0.2, 0.25) is 0 Å². The molecule has 1 aliphatic heterocycles. The molecule has 5 nitrogen and oxygen atoms in total. The second kappa shape index (κ2) is 7.98. The highest BCUT2D eigenvalue weighted by Gasteiger charge is 2.36. The number of nitrogens with zero attached hydrogens (tertiary/aromatic N) is 1. The van der Waals surface area contributed by atoms with Gasteiger partial charge in [-0.3, -0.25) is 4.58 Å². The van der Waals surface area contributed by atoms with Gasteiger partial charge in [-0.2, -0.15) is 0 Å². The van der Waals surface area contributed by atoms with Crippen molar-refractivity contribution in [1.29, 1.82) is 1.34 Å². The Labute approximate surface area is 117 Å². The van der Waals surface area contributed by atoms with Gasteiger partial charge < -0.3 is 18.4 Å². The third kappa shape index (κ3) is 4.59. The van der Waals surface area contributed by atoms with Crippen LogP contribution in [0.15, 0.2) is 0 Å². The predicted octanol–water partition coefficient (Wildman–Crippen LogP) is -1.39. The molecule has 11 heteroatoms. The Morgan fingerprint density at radius 2 is 2.39 bits per heavy atom. The molecule has 0 amide bonds. The van der Waals surface area contributed by atoms with E-state index in [4.69, 9.17) is 43.3 Å². The molecule has 0 spiro atoms. The minimum Gasteiger partial charge on any atom is -0.397 e. The molecule has 0 aliphatic carbocycles. The summed E-state index contributed by atoms with van der Waals surface area (Å²) in [5.41, 5.74) is 0. The van der Waals surface area contributed by atoms with E-state index in [1.54, 1.807) is 14.2 Å². The highest BCUT2D eigenvalue weighted by atomic mass is 31.2. The van der Waals surface area contributed by atoms with Crippen molar-refractivity contribution >= 4 is 46.5 Å². The average molecular weight is 262 g/mol. The lowest BCUT2D eigenvalue weighted by molar-refractivity contribution is -0.0107. The summed E-state index contributed by atoms with van der Waals surface area (Å²) in [5, 5.41) is 0. The smallest absolute Gasteiger partial charge is 0.293 e. The van der Waals surface area contributed by atoms with Crippen molar-refractivity contribution in [3.8, 4) is 0 Å². The van der Waals surface area contributed by atoms with E-state index in [2.05, 4.69) is 0 Å². The average Bonchev–Trinajstić information content (AvgIpc) is 2.77. The van der Waals surface area contributed by atoms with Crippen LogP contribution in [-0.2, 0) is 18.4 Å². The molecular weight excluding hydrogens is 247 g/mol. The molecular formula is C7H14B5NO4P. The van der Waals surface area contributed by atoms with Crippen LogP contribution in [0.5, 0.6) is 0 Å². The van der Waals surface area contributed by atoms with Gasteiger partial charge in [0.25, 0.3) is 8.05 Å². The molecule has 0 bridgehead atoms. The Balaban J connectivity index is 2.60. The normalized spacial score (nSPS) is 30.2. The Morgan fingerprint density at radius 1 is 1.67 bits per heavy atom. The molecule has 0 aromatic heterocycles. The lowest BCUT2D eigenvalue weighted by Crippen LogP contribution is -2.36. The molecule has 91 valence electrons. The second-order valence-corrected chi connectivity index (χ2v) is 5.48. The third-order valence-electron chi connectivity index (χ3n) is 2.56. The van der Waals surface area contributed by atoms with Gasteiger partial charge in [-0.15, -0.1) is 0 Å². The van der Waals surface area contributed by atoms with E-state index in [0.29, 0.717) is 13.0 Å². The van der Waals surface area contributed by atoms with Crippen LogP contribution in [0.1, 0.15) is 6.42 Å². The van der Waals surface area contributed by atoms with Crippen molar-refractivity contribution in [3.63, 3.8) is 0 Å². The van der Waals surface area contributed by atoms with Crippen LogP contribution in [0.4, 0.5) is 0 Å². The van der Waals surface area contributed by atoms with Gasteiger partial charge in [0, 0.05) is 28.6 Å². The summed E-state index contributed by atoms with van der Waals surface area (Å²) in [6, 6.07) is -0.295. The van der Waals surface area contributed by atoms with E-state index < -0.39 is 15.2 Å². The summed E-state index contributed by atoms with van der Waals surface area (Å²) in [4.78, 5) is 0. The molecule has 1 fully saturated rings. The summed E-state index contributed by atoms with van der Waals surface area (Å²) in [6.07, 6.45) is -0.0329. The van der Waals surface area contributed by atoms with Crippen LogP contribution in [0.3, 0.4) is 0 Å². The molecule has 0 aromatic rings. The van der Waals surface area contributed by atoms with E-state index >= 15 is 0 Å². The molecule has 7 radical (unpaired) electrons. The lowest BCUT2D eigenvalue weighted by Gasteiger charge is -2.31. The standard InChI is InChI=1S/C7H14B5NO4P/c1-13(12(9)10)18(17-11)16-5-3-7(8)15-6(5)4-14-2/h5-8H,3-4H2,1-2H3/i8D. The van der Waals surface area contributed by atoms with Gasteiger partial charge in [0.15, 0.2) is 0 Å². The predicted molar refractivity (Wildman–Crippen MR) is 76.0 cm³/mol. The quantitative estimate of drug-likeness (QED) is 0.398. The number of rotatable bonds is 8.